The molecule has 49 heavy (non-hydrogen) atoms. The first-order valence-electron chi connectivity index (χ1n) is 20.0. The van der Waals surface area contributed by atoms with Gasteiger partial charge in [0, 0.05) is 12.0 Å². The summed E-state index contributed by atoms with van der Waals surface area (Å²) in [5.74, 6) is 1.73. The Kier molecular flexibility index (Phi) is 8.34. The van der Waals surface area contributed by atoms with Gasteiger partial charge in [-0.15, -0.1) is 0 Å². The molecule has 8 fully saturated rings. The lowest BCUT2D eigenvalue weighted by Gasteiger charge is -2.64. The highest BCUT2D eigenvalue weighted by Crippen LogP contribution is 2.89. The average Bonchev–Trinajstić information content (AvgIpc) is 3.33. The zero-order valence-electron chi connectivity index (χ0n) is 31.5. The van der Waals surface area contributed by atoms with Crippen molar-refractivity contribution in [1.82, 2.24) is 9.80 Å². The fourth-order valence-corrected chi connectivity index (χ4v) is 14.6. The van der Waals surface area contributed by atoms with E-state index in [9.17, 15) is 20.1 Å². The molecule has 11 unspecified atom stereocenters. The summed E-state index contributed by atoms with van der Waals surface area (Å²) in [6.07, 6.45) is 8.46. The summed E-state index contributed by atoms with van der Waals surface area (Å²) >= 11 is 0. The molecule has 8 rings (SSSR count). The van der Waals surface area contributed by atoms with Crippen molar-refractivity contribution in [3.63, 3.8) is 0 Å². The number of likely N-dealkylation sites (tertiary alicyclic amines) is 1. The van der Waals surface area contributed by atoms with E-state index >= 15 is 0 Å². The summed E-state index contributed by atoms with van der Waals surface area (Å²) in [5, 5.41) is 34.2. The first kappa shape index (κ1) is 35.2. The fourth-order valence-electron chi connectivity index (χ4n) is 14.6. The van der Waals surface area contributed by atoms with Crippen LogP contribution in [-0.4, -0.2) is 113 Å². The van der Waals surface area contributed by atoms with E-state index in [1.807, 2.05) is 4.90 Å². The maximum atomic E-state index is 13.2. The molecule has 0 bridgehead atoms. The van der Waals surface area contributed by atoms with E-state index in [2.05, 4.69) is 39.5 Å². The van der Waals surface area contributed by atoms with Gasteiger partial charge in [0.2, 0.25) is 5.91 Å². The quantitative estimate of drug-likeness (QED) is 0.372. The van der Waals surface area contributed by atoms with E-state index in [0.717, 1.165) is 45.2 Å². The van der Waals surface area contributed by atoms with Crippen LogP contribution in [0.25, 0.3) is 0 Å². The first-order chi connectivity index (χ1) is 23.0. The molecule has 3 saturated heterocycles. The van der Waals surface area contributed by atoms with Crippen LogP contribution >= 0.6 is 0 Å². The number of morpholine rings is 1. The summed E-state index contributed by atoms with van der Waals surface area (Å²) in [5.41, 5.74) is -1.05. The van der Waals surface area contributed by atoms with Crippen molar-refractivity contribution < 1.29 is 34.3 Å². The number of fused-ring (bicyclic) bond motifs is 4. The number of carbonyl (C=O) groups excluding carboxylic acids is 1. The molecule has 3 heterocycles. The molecule has 0 aromatic rings. The smallest absolute Gasteiger partial charge is 0.237 e. The number of rotatable bonds is 6. The van der Waals surface area contributed by atoms with Gasteiger partial charge in [-0.2, -0.15) is 0 Å². The largest absolute Gasteiger partial charge is 0.390 e. The molecular formula is C40H66N2O7. The molecule has 3 aliphatic heterocycles. The number of hydrogen-bond donors (Lipinski definition) is 3. The second-order valence-electron chi connectivity index (χ2n) is 19.9. The minimum Gasteiger partial charge on any atom is -0.390 e. The van der Waals surface area contributed by atoms with Gasteiger partial charge in [0.1, 0.15) is 6.10 Å². The number of aliphatic hydroxyl groups is 3. The molecule has 14 atom stereocenters. The Morgan fingerprint density at radius 2 is 1.69 bits per heavy atom. The van der Waals surface area contributed by atoms with Gasteiger partial charge in [-0.05, 0) is 136 Å². The minimum atomic E-state index is -1.26. The van der Waals surface area contributed by atoms with Gasteiger partial charge in [-0.25, -0.2) is 0 Å². The van der Waals surface area contributed by atoms with Crippen LogP contribution in [-0.2, 0) is 19.0 Å². The highest BCUT2D eigenvalue weighted by Gasteiger charge is 2.84. The molecule has 2 spiro atoms. The first-order valence-corrected chi connectivity index (χ1v) is 20.0. The Morgan fingerprint density at radius 1 is 1.00 bits per heavy atom. The number of amides is 1. The van der Waals surface area contributed by atoms with Crippen molar-refractivity contribution in [1.29, 1.82) is 0 Å². The lowest BCUT2D eigenvalue weighted by molar-refractivity contribution is -0.248. The molecule has 278 valence electrons. The van der Waals surface area contributed by atoms with Crippen molar-refractivity contribution >= 4 is 5.91 Å². The zero-order chi connectivity index (χ0) is 34.9. The van der Waals surface area contributed by atoms with Gasteiger partial charge in [-0.1, -0.05) is 34.6 Å². The summed E-state index contributed by atoms with van der Waals surface area (Å²) in [6.45, 7) is 19.6. The third-order valence-corrected chi connectivity index (χ3v) is 17.1. The van der Waals surface area contributed by atoms with Crippen LogP contribution in [0.4, 0.5) is 0 Å². The SMILES string of the molecule is C[C@@H]1CC(C(O)C(C)(C)O)OC2C1C1(C)CCC34CC35CCC(OC3CN(C(=O)CN6CCCC6)CCO3)C(C)(C)[C@@H]5CCC4C1(C)[C@H]2O. The van der Waals surface area contributed by atoms with Crippen molar-refractivity contribution in [2.75, 3.05) is 39.3 Å². The van der Waals surface area contributed by atoms with E-state index in [1.54, 1.807) is 13.8 Å². The van der Waals surface area contributed by atoms with E-state index in [4.69, 9.17) is 14.2 Å². The number of nitrogens with zero attached hydrogens (tertiary/aromatic N) is 2. The van der Waals surface area contributed by atoms with Crippen LogP contribution in [0.15, 0.2) is 0 Å². The number of carbonyl (C=O) groups is 1. The van der Waals surface area contributed by atoms with Crippen LogP contribution in [0.2, 0.25) is 0 Å². The standard InChI is InChI=1S/C40H66N2O7/c1-24-20-25(33(44)36(4,5)46)48-32-31(24)37(6)14-15-40-23-39(40)13-12-28(35(2,3)26(39)10-11-27(40)38(37,7)34(32)45)49-30-22-42(18-19-47-30)29(43)21-41-16-8-9-17-41/h24-28,30-34,44-46H,8-23H2,1-7H3/t24-,25?,26+,27?,28?,30?,31?,32?,33?,34+,37?,38?,39?,40?/m1/s1. The summed E-state index contributed by atoms with van der Waals surface area (Å²) in [7, 11) is 0. The molecule has 3 N–H and O–H groups in total. The maximum Gasteiger partial charge on any atom is 0.237 e. The molecule has 1 amide bonds. The molecule has 9 nitrogen and oxygen atoms in total. The Balaban J connectivity index is 0.985. The van der Waals surface area contributed by atoms with Crippen LogP contribution in [0.5, 0.6) is 0 Å². The zero-order valence-corrected chi connectivity index (χ0v) is 31.5. The van der Waals surface area contributed by atoms with Gasteiger partial charge < -0.3 is 34.4 Å². The number of ether oxygens (including phenoxy) is 3. The van der Waals surface area contributed by atoms with E-state index < -0.39 is 23.9 Å². The summed E-state index contributed by atoms with van der Waals surface area (Å²) < 4.78 is 19.7. The van der Waals surface area contributed by atoms with Gasteiger partial charge >= 0.3 is 0 Å². The lowest BCUT2D eigenvalue weighted by Crippen LogP contribution is -2.60. The highest BCUT2D eigenvalue weighted by atomic mass is 16.7. The van der Waals surface area contributed by atoms with Gasteiger partial charge in [-0.3, -0.25) is 9.69 Å². The average molecular weight is 687 g/mol. The maximum absolute atomic E-state index is 13.2. The van der Waals surface area contributed by atoms with Crippen molar-refractivity contribution in [2.24, 2.45) is 50.7 Å². The molecule has 5 saturated carbocycles. The Labute approximate surface area is 294 Å². The second kappa shape index (κ2) is 11.6. The van der Waals surface area contributed by atoms with Crippen LogP contribution < -0.4 is 0 Å². The van der Waals surface area contributed by atoms with E-state index in [-0.39, 0.29) is 57.4 Å². The predicted octanol–water partition coefficient (Wildman–Crippen LogP) is 4.60. The Hall–Kier alpha value is -0.810. The topological polar surface area (TPSA) is 112 Å². The molecule has 5 aliphatic carbocycles. The molecule has 8 aliphatic rings. The number of aliphatic hydroxyl groups excluding tert-OH is 2. The molecule has 0 radical (unpaired) electrons. The summed E-state index contributed by atoms with van der Waals surface area (Å²) in [6, 6.07) is 0. The molecular weight excluding hydrogens is 620 g/mol. The van der Waals surface area contributed by atoms with Gasteiger partial charge in [0.05, 0.1) is 49.7 Å². The van der Waals surface area contributed by atoms with Crippen LogP contribution in [0.1, 0.15) is 113 Å². The van der Waals surface area contributed by atoms with Crippen LogP contribution in [0.3, 0.4) is 0 Å². The predicted molar refractivity (Wildman–Crippen MR) is 185 cm³/mol. The molecule has 0 aromatic carbocycles. The highest BCUT2D eigenvalue weighted by molar-refractivity contribution is 5.78. The van der Waals surface area contributed by atoms with Gasteiger partial charge in [0.25, 0.3) is 0 Å². The summed E-state index contributed by atoms with van der Waals surface area (Å²) in [4.78, 5) is 17.4. The second-order valence-corrected chi connectivity index (χ2v) is 19.9. The van der Waals surface area contributed by atoms with Gasteiger partial charge in [0.15, 0.2) is 6.29 Å². The van der Waals surface area contributed by atoms with Crippen molar-refractivity contribution in [3.05, 3.63) is 0 Å². The monoisotopic (exact) mass is 686 g/mol. The Bertz CT molecular complexity index is 1300. The van der Waals surface area contributed by atoms with E-state index in [0.29, 0.717) is 50.4 Å². The fraction of sp³-hybridized carbons (Fsp3) is 0.975. The Morgan fingerprint density at radius 3 is 2.41 bits per heavy atom. The molecule has 0 aromatic heterocycles. The van der Waals surface area contributed by atoms with Crippen molar-refractivity contribution in [3.8, 4) is 0 Å². The third kappa shape index (κ3) is 4.90. The van der Waals surface area contributed by atoms with E-state index in [1.165, 1.54) is 25.7 Å². The normalized spacial score (nSPS) is 51.2. The lowest BCUT2D eigenvalue weighted by atomic mass is 9.41. The molecule has 9 heteroatoms. The van der Waals surface area contributed by atoms with Crippen molar-refractivity contribution in [2.45, 2.75) is 155 Å². The number of hydrogen-bond acceptors (Lipinski definition) is 8. The van der Waals surface area contributed by atoms with Crippen LogP contribution in [0, 0.1) is 50.7 Å². The third-order valence-electron chi connectivity index (χ3n) is 17.1. The minimum absolute atomic E-state index is 0.0140.